The van der Waals surface area contributed by atoms with Crippen LogP contribution in [0.15, 0.2) is 17.7 Å². The molecule has 0 saturated heterocycles. The third kappa shape index (κ3) is 3.61. The van der Waals surface area contributed by atoms with E-state index in [2.05, 4.69) is 22.6 Å². The number of rotatable bonds is 3. The van der Waals surface area contributed by atoms with Crippen molar-refractivity contribution in [2.45, 2.75) is 0 Å². The van der Waals surface area contributed by atoms with Crippen LogP contribution in [0.25, 0.3) is 6.08 Å². The molecule has 0 heterocycles. The second-order valence-corrected chi connectivity index (χ2v) is 5.16. The molecule has 0 aliphatic heterocycles. The maximum absolute atomic E-state index is 11.7. The van der Waals surface area contributed by atoms with E-state index >= 15 is 0 Å². The zero-order valence-electron chi connectivity index (χ0n) is 10.8. The molecule has 19 heavy (non-hydrogen) atoms. The minimum Gasteiger partial charge on any atom is -0.504 e. The Labute approximate surface area is 125 Å². The molecule has 1 N–H and O–H groups in total. The number of likely N-dealkylation sites (N-methyl/N-ethyl adjacent to an activating group) is 1. The summed E-state index contributed by atoms with van der Waals surface area (Å²) in [6.45, 7) is 0. The van der Waals surface area contributed by atoms with Crippen molar-refractivity contribution >= 4 is 34.6 Å². The van der Waals surface area contributed by atoms with Crippen LogP contribution in [0.1, 0.15) is 5.56 Å². The molecule has 0 aliphatic rings. The van der Waals surface area contributed by atoms with Crippen LogP contribution < -0.4 is 4.74 Å². The fourth-order valence-corrected chi connectivity index (χ4v) is 2.02. The standard InChI is InChI=1S/C13H13IN2O3/c1-16(2)13(18)9(7-15)4-8-5-10(14)6-11(19-3)12(8)17/h4-6,17H,1-3H3/b9-4-. The average molecular weight is 372 g/mol. The maximum Gasteiger partial charge on any atom is 0.264 e. The van der Waals surface area contributed by atoms with Gasteiger partial charge in [-0.2, -0.15) is 5.26 Å². The van der Waals surface area contributed by atoms with Gasteiger partial charge in [0.15, 0.2) is 11.5 Å². The van der Waals surface area contributed by atoms with Gasteiger partial charge in [0.1, 0.15) is 11.6 Å². The van der Waals surface area contributed by atoms with Gasteiger partial charge in [-0.05, 0) is 40.8 Å². The molecule has 100 valence electrons. The molecule has 1 aromatic rings. The minimum absolute atomic E-state index is 0.0515. The summed E-state index contributed by atoms with van der Waals surface area (Å²) in [5.74, 6) is -0.213. The summed E-state index contributed by atoms with van der Waals surface area (Å²) in [5.41, 5.74) is 0.319. The Kier molecular flexibility index (Phi) is 5.18. The highest BCUT2D eigenvalue weighted by Gasteiger charge is 2.14. The van der Waals surface area contributed by atoms with E-state index in [4.69, 9.17) is 10.00 Å². The molecule has 0 saturated carbocycles. The Morgan fingerprint density at radius 1 is 1.53 bits per heavy atom. The first kappa shape index (κ1) is 15.3. The molecule has 0 fully saturated rings. The van der Waals surface area contributed by atoms with Crippen LogP contribution >= 0.6 is 22.6 Å². The van der Waals surface area contributed by atoms with Crippen LogP contribution in [0.3, 0.4) is 0 Å². The van der Waals surface area contributed by atoms with Crippen LogP contribution in [-0.4, -0.2) is 37.1 Å². The van der Waals surface area contributed by atoms with E-state index in [1.165, 1.54) is 18.1 Å². The Morgan fingerprint density at radius 2 is 2.16 bits per heavy atom. The first-order valence-corrected chi connectivity index (χ1v) is 6.38. The third-order valence-corrected chi connectivity index (χ3v) is 2.97. The van der Waals surface area contributed by atoms with Crippen molar-refractivity contribution in [1.82, 2.24) is 4.90 Å². The van der Waals surface area contributed by atoms with Crippen LogP contribution in [0.2, 0.25) is 0 Å². The summed E-state index contributed by atoms with van der Waals surface area (Å²) in [5, 5.41) is 19.0. The number of benzene rings is 1. The van der Waals surface area contributed by atoms with Crippen molar-refractivity contribution in [3.63, 3.8) is 0 Å². The van der Waals surface area contributed by atoms with Crippen molar-refractivity contribution in [2.24, 2.45) is 0 Å². The number of hydrogen-bond acceptors (Lipinski definition) is 4. The molecule has 0 aromatic heterocycles. The fraction of sp³-hybridized carbons (Fsp3) is 0.231. The first-order valence-electron chi connectivity index (χ1n) is 5.30. The van der Waals surface area contributed by atoms with E-state index in [0.29, 0.717) is 11.3 Å². The fourth-order valence-electron chi connectivity index (χ4n) is 1.40. The van der Waals surface area contributed by atoms with Crippen molar-refractivity contribution in [1.29, 1.82) is 5.26 Å². The smallest absolute Gasteiger partial charge is 0.264 e. The second kappa shape index (κ2) is 6.43. The lowest BCUT2D eigenvalue weighted by Gasteiger charge is -2.10. The molecule has 0 bridgehead atoms. The number of nitrogens with zero attached hydrogens (tertiary/aromatic N) is 2. The van der Waals surface area contributed by atoms with Gasteiger partial charge in [0, 0.05) is 23.2 Å². The van der Waals surface area contributed by atoms with Gasteiger partial charge in [-0.3, -0.25) is 4.79 Å². The molecule has 0 unspecified atom stereocenters. The summed E-state index contributed by atoms with van der Waals surface area (Å²) in [4.78, 5) is 13.1. The van der Waals surface area contributed by atoms with Crippen molar-refractivity contribution in [3.05, 3.63) is 26.8 Å². The number of carbonyl (C=O) groups is 1. The summed E-state index contributed by atoms with van der Waals surface area (Å²) < 4.78 is 5.85. The predicted molar refractivity (Wildman–Crippen MR) is 79.7 cm³/mol. The summed E-state index contributed by atoms with van der Waals surface area (Å²) in [6.07, 6.45) is 1.35. The summed E-state index contributed by atoms with van der Waals surface area (Å²) in [7, 11) is 4.56. The average Bonchev–Trinajstić information content (AvgIpc) is 2.38. The number of carbonyl (C=O) groups excluding carboxylic acids is 1. The van der Waals surface area contributed by atoms with E-state index in [1.807, 2.05) is 6.07 Å². The Bertz CT molecular complexity index is 574. The van der Waals surface area contributed by atoms with Crippen LogP contribution in [0.5, 0.6) is 11.5 Å². The number of phenols is 1. The molecule has 0 aliphatic carbocycles. The summed E-state index contributed by atoms with van der Waals surface area (Å²) >= 11 is 2.06. The topological polar surface area (TPSA) is 73.6 Å². The quantitative estimate of drug-likeness (QED) is 0.501. The van der Waals surface area contributed by atoms with E-state index in [1.54, 1.807) is 26.2 Å². The van der Waals surface area contributed by atoms with Gasteiger partial charge in [-0.1, -0.05) is 0 Å². The van der Waals surface area contributed by atoms with Crippen LogP contribution in [-0.2, 0) is 4.79 Å². The largest absolute Gasteiger partial charge is 0.504 e. The molecule has 0 radical (unpaired) electrons. The number of hydrogen-bond donors (Lipinski definition) is 1. The number of amides is 1. The van der Waals surface area contributed by atoms with Gasteiger partial charge in [0.05, 0.1) is 7.11 Å². The van der Waals surface area contributed by atoms with E-state index in [0.717, 1.165) is 3.57 Å². The van der Waals surface area contributed by atoms with Gasteiger partial charge in [-0.25, -0.2) is 0 Å². The van der Waals surface area contributed by atoms with Crippen molar-refractivity contribution in [3.8, 4) is 17.6 Å². The molecule has 0 atom stereocenters. The van der Waals surface area contributed by atoms with E-state index in [-0.39, 0.29) is 11.3 Å². The number of methoxy groups -OCH3 is 1. The maximum atomic E-state index is 11.7. The number of aromatic hydroxyl groups is 1. The van der Waals surface area contributed by atoms with Crippen molar-refractivity contribution in [2.75, 3.05) is 21.2 Å². The molecular formula is C13H13IN2O3. The van der Waals surface area contributed by atoms with Gasteiger partial charge < -0.3 is 14.7 Å². The first-order chi connectivity index (χ1) is 8.90. The van der Waals surface area contributed by atoms with Crippen LogP contribution in [0.4, 0.5) is 0 Å². The monoisotopic (exact) mass is 372 g/mol. The summed E-state index contributed by atoms with van der Waals surface area (Å²) in [6, 6.07) is 5.16. The Balaban J connectivity index is 3.35. The molecular weight excluding hydrogens is 359 g/mol. The predicted octanol–water partition coefficient (Wildman–Crippen LogP) is 2.00. The normalized spacial score (nSPS) is 10.8. The zero-order valence-corrected chi connectivity index (χ0v) is 12.9. The lowest BCUT2D eigenvalue weighted by Crippen LogP contribution is -2.22. The Morgan fingerprint density at radius 3 is 2.63 bits per heavy atom. The van der Waals surface area contributed by atoms with Crippen LogP contribution in [0, 0.1) is 14.9 Å². The highest BCUT2D eigenvalue weighted by Crippen LogP contribution is 2.33. The SMILES string of the molecule is COc1cc(I)cc(/C=C(/C#N)C(=O)N(C)C)c1O. The molecule has 1 amide bonds. The third-order valence-electron chi connectivity index (χ3n) is 2.35. The number of halogens is 1. The highest BCUT2D eigenvalue weighted by atomic mass is 127. The second-order valence-electron chi connectivity index (χ2n) is 3.92. The minimum atomic E-state index is -0.417. The van der Waals surface area contributed by atoms with Crippen molar-refractivity contribution < 1.29 is 14.6 Å². The molecule has 1 rings (SSSR count). The lowest BCUT2D eigenvalue weighted by atomic mass is 10.1. The highest BCUT2D eigenvalue weighted by molar-refractivity contribution is 14.1. The number of ether oxygens (including phenoxy) is 1. The Hall–Kier alpha value is -1.75. The number of nitriles is 1. The lowest BCUT2D eigenvalue weighted by molar-refractivity contribution is -0.124. The van der Waals surface area contributed by atoms with E-state index < -0.39 is 5.91 Å². The molecule has 5 nitrogen and oxygen atoms in total. The van der Waals surface area contributed by atoms with Gasteiger partial charge in [0.25, 0.3) is 5.91 Å². The molecule has 0 spiro atoms. The van der Waals surface area contributed by atoms with Gasteiger partial charge in [-0.15, -0.1) is 0 Å². The molecule has 1 aromatic carbocycles. The van der Waals surface area contributed by atoms with Gasteiger partial charge in [0.2, 0.25) is 0 Å². The zero-order chi connectivity index (χ0) is 14.6. The number of phenolic OH excluding ortho intramolecular Hbond substituents is 1. The van der Waals surface area contributed by atoms with Gasteiger partial charge >= 0.3 is 0 Å². The van der Waals surface area contributed by atoms with E-state index in [9.17, 15) is 9.90 Å². The molecule has 6 heteroatoms.